The van der Waals surface area contributed by atoms with Crippen molar-refractivity contribution in [3.8, 4) is 6.07 Å². The van der Waals surface area contributed by atoms with Crippen molar-refractivity contribution in [1.29, 1.82) is 5.26 Å². The summed E-state index contributed by atoms with van der Waals surface area (Å²) < 4.78 is 1.97. The smallest absolute Gasteiger partial charge is 0.314 e. The predicted molar refractivity (Wildman–Crippen MR) is 130 cm³/mol. The molecule has 3 aliphatic rings. The highest BCUT2D eigenvalue weighted by Crippen LogP contribution is 2.47. The molecule has 0 aromatic carbocycles. The second-order valence-electron chi connectivity index (χ2n) is 10.4. The van der Waals surface area contributed by atoms with Crippen LogP contribution in [0.25, 0.3) is 21.9 Å². The monoisotopic (exact) mass is 488 g/mol. The molecule has 186 valence electrons. The third kappa shape index (κ3) is 3.77. The maximum Gasteiger partial charge on any atom is 0.314 e. The van der Waals surface area contributed by atoms with E-state index in [-0.39, 0.29) is 17.9 Å². The van der Waals surface area contributed by atoms with Crippen molar-refractivity contribution in [3.05, 3.63) is 18.5 Å². The molecule has 2 atom stereocenters. The predicted octanol–water partition coefficient (Wildman–Crippen LogP) is 2.09. The number of piperidine rings is 1. The molecule has 3 fully saturated rings. The van der Waals surface area contributed by atoms with E-state index in [1.165, 1.54) is 0 Å². The molecule has 0 radical (unpaired) electrons. The van der Waals surface area contributed by atoms with Gasteiger partial charge in [-0.2, -0.15) is 5.26 Å². The van der Waals surface area contributed by atoms with Crippen molar-refractivity contribution < 1.29 is 14.4 Å². The summed E-state index contributed by atoms with van der Waals surface area (Å²) in [4.78, 5) is 48.7. The van der Waals surface area contributed by atoms with Crippen molar-refractivity contribution in [2.75, 3.05) is 25.0 Å². The Labute approximate surface area is 207 Å². The molecule has 3 aromatic heterocycles. The summed E-state index contributed by atoms with van der Waals surface area (Å²) >= 11 is 0. The maximum absolute atomic E-state index is 13.1. The molecule has 3 amide bonds. The second kappa shape index (κ2) is 8.33. The second-order valence-corrected chi connectivity index (χ2v) is 10.4. The number of nitrogens with one attached hydrogen (secondary N) is 3. The molecule has 4 heterocycles. The molecule has 0 unspecified atom stereocenters. The van der Waals surface area contributed by atoms with Crippen LogP contribution in [0.5, 0.6) is 0 Å². The van der Waals surface area contributed by atoms with Crippen molar-refractivity contribution >= 4 is 45.5 Å². The summed E-state index contributed by atoms with van der Waals surface area (Å²) in [5.74, 6) is -0.458. The summed E-state index contributed by atoms with van der Waals surface area (Å²) in [5, 5.41) is 19.7. The van der Waals surface area contributed by atoms with E-state index in [1.54, 1.807) is 17.3 Å². The van der Waals surface area contributed by atoms with Crippen molar-refractivity contribution in [2.24, 2.45) is 17.3 Å². The average Bonchev–Trinajstić information content (AvgIpc) is 3.80. The van der Waals surface area contributed by atoms with Gasteiger partial charge in [-0.25, -0.2) is 9.97 Å². The van der Waals surface area contributed by atoms with Gasteiger partial charge < -0.3 is 15.5 Å². The minimum absolute atomic E-state index is 0.0963. The molecular weight excluding hydrogens is 460 g/mol. The van der Waals surface area contributed by atoms with E-state index in [0.29, 0.717) is 55.2 Å². The van der Waals surface area contributed by atoms with Crippen LogP contribution in [-0.2, 0) is 14.4 Å². The fourth-order valence-electron chi connectivity index (χ4n) is 5.15. The number of fused-ring (bicyclic) bond motifs is 3. The molecule has 36 heavy (non-hydrogen) atoms. The minimum Gasteiger partial charge on any atom is -0.348 e. The molecule has 11 heteroatoms. The lowest BCUT2D eigenvalue weighted by molar-refractivity contribution is -0.137. The van der Waals surface area contributed by atoms with Gasteiger partial charge in [0.05, 0.1) is 23.0 Å². The van der Waals surface area contributed by atoms with Crippen LogP contribution in [0.15, 0.2) is 18.5 Å². The molecule has 0 bridgehead atoms. The van der Waals surface area contributed by atoms with Gasteiger partial charge in [0.1, 0.15) is 11.2 Å². The quantitative estimate of drug-likeness (QED) is 0.468. The van der Waals surface area contributed by atoms with Gasteiger partial charge in [-0.15, -0.1) is 0 Å². The standard InChI is InChI=1S/C25H28N8O3/c1-14-5-9-32(24(36)25(13-26)6-7-25)12-18(14)33-19-16-4-8-27-20(16)28-11-17(19)21(31-33)30-23(35)22(34)29-10-15-2-3-15/h4,8,11,14-15,18,31H,2-3,5-7,9-10,12H2,1H3,(H,29,34)(H,30,35)/t14-,18+/m1/s1. The lowest BCUT2D eigenvalue weighted by atomic mass is 9.92. The number of pyridine rings is 1. The van der Waals surface area contributed by atoms with Crippen molar-refractivity contribution in [3.63, 3.8) is 0 Å². The van der Waals surface area contributed by atoms with E-state index in [0.717, 1.165) is 30.2 Å². The molecule has 2 saturated carbocycles. The molecule has 2 aliphatic carbocycles. The third-order valence-electron chi connectivity index (χ3n) is 7.85. The summed E-state index contributed by atoms with van der Waals surface area (Å²) in [6.07, 6.45) is 7.48. The van der Waals surface area contributed by atoms with Gasteiger partial charge in [-0.3, -0.25) is 24.2 Å². The lowest BCUT2D eigenvalue weighted by Gasteiger charge is -2.38. The van der Waals surface area contributed by atoms with Crippen LogP contribution in [-0.4, -0.2) is 62.0 Å². The number of likely N-dealkylation sites (tertiary alicyclic amines) is 1. The van der Waals surface area contributed by atoms with Crippen LogP contribution in [0.4, 0.5) is 5.82 Å². The number of carbonyl (C=O) groups is 3. The van der Waals surface area contributed by atoms with E-state index in [2.05, 4.69) is 38.7 Å². The zero-order valence-electron chi connectivity index (χ0n) is 20.1. The molecule has 1 saturated heterocycles. The number of amides is 3. The Balaban J connectivity index is 1.34. The fourth-order valence-corrected chi connectivity index (χ4v) is 5.15. The molecule has 11 nitrogen and oxygen atoms in total. The highest BCUT2D eigenvalue weighted by molar-refractivity contribution is 6.40. The zero-order valence-corrected chi connectivity index (χ0v) is 20.1. The number of nitrogens with zero attached hydrogens (tertiary/aromatic N) is 5. The summed E-state index contributed by atoms with van der Waals surface area (Å²) in [7, 11) is 0. The number of H-pyrrole nitrogens is 1. The molecular formula is C25H28N8O3. The van der Waals surface area contributed by atoms with Crippen molar-refractivity contribution in [2.45, 2.75) is 45.1 Å². The summed E-state index contributed by atoms with van der Waals surface area (Å²) in [5.41, 5.74) is 0.514. The van der Waals surface area contributed by atoms with Crippen LogP contribution < -0.4 is 10.6 Å². The SMILES string of the molecule is C[C@@H]1CCN(C(=O)C2(C#N)CC2)C[C@@H]1n1[nH]c(NC(=O)C(=O)NCC2CC2)c2cnc3nccc3c21. The van der Waals surface area contributed by atoms with Gasteiger partial charge in [-0.05, 0) is 50.0 Å². The fraction of sp³-hybridized carbons (Fsp3) is 0.520. The first-order valence-electron chi connectivity index (χ1n) is 12.5. The summed E-state index contributed by atoms with van der Waals surface area (Å²) in [6, 6.07) is 3.95. The van der Waals surface area contributed by atoms with E-state index in [1.807, 2.05) is 10.7 Å². The Kier molecular flexibility index (Phi) is 5.21. The number of aromatic nitrogens is 4. The largest absolute Gasteiger partial charge is 0.348 e. The van der Waals surface area contributed by atoms with Crippen LogP contribution in [0, 0.1) is 28.6 Å². The Morgan fingerprint density at radius 2 is 2.00 bits per heavy atom. The number of hydrogen-bond acceptors (Lipinski definition) is 6. The van der Waals surface area contributed by atoms with Gasteiger partial charge >= 0.3 is 11.8 Å². The molecule has 3 N–H and O–H groups in total. The van der Waals surface area contributed by atoms with Crippen LogP contribution in [0.3, 0.4) is 0 Å². The number of hydrogen-bond donors (Lipinski definition) is 3. The molecule has 1 aliphatic heterocycles. The van der Waals surface area contributed by atoms with Crippen molar-refractivity contribution in [1.82, 2.24) is 30.0 Å². The number of aromatic amines is 1. The third-order valence-corrected chi connectivity index (χ3v) is 7.85. The van der Waals surface area contributed by atoms with Gasteiger partial charge in [-0.1, -0.05) is 6.92 Å². The van der Waals surface area contributed by atoms with Gasteiger partial charge in [0, 0.05) is 37.4 Å². The topological polar surface area (TPSA) is 149 Å². The number of anilines is 1. The van der Waals surface area contributed by atoms with Gasteiger partial charge in [0.2, 0.25) is 5.91 Å². The van der Waals surface area contributed by atoms with E-state index in [9.17, 15) is 19.6 Å². The normalized spacial score (nSPS) is 22.8. The Bertz CT molecular complexity index is 1420. The van der Waals surface area contributed by atoms with Gasteiger partial charge in [0.15, 0.2) is 5.65 Å². The highest BCUT2D eigenvalue weighted by Gasteiger charge is 2.53. The first-order valence-corrected chi connectivity index (χ1v) is 12.5. The Morgan fingerprint density at radius 1 is 1.19 bits per heavy atom. The average molecular weight is 489 g/mol. The number of rotatable bonds is 5. The molecule has 3 aromatic rings. The lowest BCUT2D eigenvalue weighted by Crippen LogP contribution is -2.46. The first kappa shape index (κ1) is 22.5. The van der Waals surface area contributed by atoms with Crippen LogP contribution in [0.1, 0.15) is 45.1 Å². The Morgan fingerprint density at radius 3 is 2.72 bits per heavy atom. The minimum atomic E-state index is -0.868. The maximum atomic E-state index is 13.1. The summed E-state index contributed by atoms with van der Waals surface area (Å²) in [6.45, 7) is 3.69. The first-order chi connectivity index (χ1) is 17.4. The van der Waals surface area contributed by atoms with E-state index in [4.69, 9.17) is 0 Å². The molecule has 6 rings (SSSR count). The number of carbonyl (C=O) groups excluding carboxylic acids is 3. The Hall–Kier alpha value is -3.94. The van der Waals surface area contributed by atoms with E-state index >= 15 is 0 Å². The molecule has 0 spiro atoms. The van der Waals surface area contributed by atoms with E-state index < -0.39 is 17.2 Å². The van der Waals surface area contributed by atoms with Gasteiger partial charge in [0.25, 0.3) is 0 Å². The number of nitriles is 1. The van der Waals surface area contributed by atoms with Crippen LogP contribution in [0.2, 0.25) is 0 Å². The zero-order chi connectivity index (χ0) is 25.0. The highest BCUT2D eigenvalue weighted by atomic mass is 16.2. The van der Waals surface area contributed by atoms with Crippen LogP contribution >= 0.6 is 0 Å².